The predicted octanol–water partition coefficient (Wildman–Crippen LogP) is 1.34. The first kappa shape index (κ1) is 14.4. The highest BCUT2D eigenvalue weighted by Gasteiger charge is 2.30. The van der Waals surface area contributed by atoms with Gasteiger partial charge in [-0.25, -0.2) is 9.78 Å². The van der Waals surface area contributed by atoms with E-state index in [9.17, 15) is 9.59 Å². The SMILES string of the molecule is Cc1nc(CNC(=O)N[C@H]2CC[C@@H](C(=O)O)C2)oc1C. The standard InChI is InChI=1S/C13H19N3O4/c1-7-8(2)20-11(15-7)6-14-13(19)16-10-4-3-9(5-10)12(17)18/h9-10H,3-6H2,1-2H3,(H,17,18)(H2,14,16,19)/t9-,10+/m1/s1. The van der Waals surface area contributed by atoms with Crippen molar-refractivity contribution in [3.63, 3.8) is 0 Å². The lowest BCUT2D eigenvalue weighted by Gasteiger charge is -2.12. The molecule has 1 aliphatic carbocycles. The van der Waals surface area contributed by atoms with Gasteiger partial charge in [0.1, 0.15) is 5.76 Å². The van der Waals surface area contributed by atoms with Crippen LogP contribution in [0.4, 0.5) is 4.79 Å². The number of hydrogen-bond acceptors (Lipinski definition) is 4. The molecule has 2 atom stereocenters. The summed E-state index contributed by atoms with van der Waals surface area (Å²) in [6, 6.07) is -0.404. The smallest absolute Gasteiger partial charge is 0.315 e. The van der Waals surface area contributed by atoms with Gasteiger partial charge in [-0.05, 0) is 33.1 Å². The molecule has 7 nitrogen and oxygen atoms in total. The first-order valence-electron chi connectivity index (χ1n) is 6.65. The number of aliphatic carboxylic acids is 1. The van der Waals surface area contributed by atoms with E-state index in [1.54, 1.807) is 0 Å². The fourth-order valence-electron chi connectivity index (χ4n) is 2.34. The average Bonchev–Trinajstić information content (AvgIpc) is 2.95. The van der Waals surface area contributed by atoms with Crippen molar-refractivity contribution in [3.8, 4) is 0 Å². The van der Waals surface area contributed by atoms with Crippen molar-refractivity contribution in [1.29, 1.82) is 0 Å². The van der Waals surface area contributed by atoms with Gasteiger partial charge in [-0.3, -0.25) is 4.79 Å². The number of carbonyl (C=O) groups excluding carboxylic acids is 1. The van der Waals surface area contributed by atoms with Crippen LogP contribution in [0.1, 0.15) is 36.6 Å². The second kappa shape index (κ2) is 5.94. The number of nitrogens with zero attached hydrogens (tertiary/aromatic N) is 1. The average molecular weight is 281 g/mol. The normalized spacial score (nSPS) is 21.7. The Labute approximate surface area is 116 Å². The third-order valence-electron chi connectivity index (χ3n) is 3.59. The number of carboxylic acid groups (broad SMARTS) is 1. The quantitative estimate of drug-likeness (QED) is 0.772. The molecule has 1 aromatic heterocycles. The van der Waals surface area contributed by atoms with Gasteiger partial charge in [0, 0.05) is 6.04 Å². The molecule has 0 aliphatic heterocycles. The van der Waals surface area contributed by atoms with E-state index in [1.165, 1.54) is 0 Å². The van der Waals surface area contributed by atoms with Crippen molar-refractivity contribution in [2.75, 3.05) is 0 Å². The summed E-state index contributed by atoms with van der Waals surface area (Å²) in [4.78, 5) is 26.7. The lowest BCUT2D eigenvalue weighted by atomic mass is 10.1. The van der Waals surface area contributed by atoms with Crippen LogP contribution in [0.5, 0.6) is 0 Å². The summed E-state index contributed by atoms with van der Waals surface area (Å²) in [7, 11) is 0. The van der Waals surface area contributed by atoms with Gasteiger partial charge in [0.25, 0.3) is 0 Å². The topological polar surface area (TPSA) is 104 Å². The Morgan fingerprint density at radius 3 is 2.70 bits per heavy atom. The van der Waals surface area contributed by atoms with Crippen molar-refractivity contribution in [1.82, 2.24) is 15.6 Å². The Kier molecular flexibility index (Phi) is 4.26. The number of hydrogen-bond donors (Lipinski definition) is 3. The molecule has 0 spiro atoms. The van der Waals surface area contributed by atoms with Crippen LogP contribution in [-0.2, 0) is 11.3 Å². The minimum atomic E-state index is -0.791. The minimum Gasteiger partial charge on any atom is -0.481 e. The molecule has 110 valence electrons. The van der Waals surface area contributed by atoms with Crippen LogP contribution >= 0.6 is 0 Å². The Bertz CT molecular complexity index is 492. The number of nitrogens with one attached hydrogen (secondary N) is 2. The van der Waals surface area contributed by atoms with Crippen molar-refractivity contribution >= 4 is 12.0 Å². The second-order valence-electron chi connectivity index (χ2n) is 5.12. The van der Waals surface area contributed by atoms with E-state index in [0.717, 1.165) is 11.5 Å². The van der Waals surface area contributed by atoms with Crippen LogP contribution in [0.2, 0.25) is 0 Å². The molecule has 3 N–H and O–H groups in total. The maximum atomic E-state index is 11.7. The molecule has 0 bridgehead atoms. The maximum absolute atomic E-state index is 11.7. The molecule has 0 saturated heterocycles. The molecule has 7 heteroatoms. The Morgan fingerprint density at radius 2 is 2.15 bits per heavy atom. The van der Waals surface area contributed by atoms with Crippen LogP contribution in [0.25, 0.3) is 0 Å². The summed E-state index contributed by atoms with van der Waals surface area (Å²) in [5.41, 5.74) is 0.808. The van der Waals surface area contributed by atoms with E-state index in [4.69, 9.17) is 9.52 Å². The number of rotatable bonds is 4. The van der Waals surface area contributed by atoms with Gasteiger partial charge in [0.15, 0.2) is 0 Å². The van der Waals surface area contributed by atoms with Crippen molar-refractivity contribution in [3.05, 3.63) is 17.3 Å². The first-order valence-corrected chi connectivity index (χ1v) is 6.65. The van der Waals surface area contributed by atoms with E-state index in [-0.39, 0.29) is 24.5 Å². The van der Waals surface area contributed by atoms with Gasteiger partial charge in [-0.2, -0.15) is 0 Å². The summed E-state index contributed by atoms with van der Waals surface area (Å²) >= 11 is 0. The number of carboxylic acids is 1. The van der Waals surface area contributed by atoms with E-state index in [1.807, 2.05) is 13.8 Å². The summed E-state index contributed by atoms with van der Waals surface area (Å²) in [6.07, 6.45) is 1.79. The van der Waals surface area contributed by atoms with Gasteiger partial charge in [0.05, 0.1) is 18.2 Å². The van der Waals surface area contributed by atoms with Gasteiger partial charge in [-0.1, -0.05) is 0 Å². The Morgan fingerprint density at radius 1 is 1.40 bits per heavy atom. The summed E-state index contributed by atoms with van der Waals surface area (Å²) in [5.74, 6) is 0.0602. The fraction of sp³-hybridized carbons (Fsp3) is 0.615. The molecule has 0 radical (unpaired) electrons. The zero-order valence-electron chi connectivity index (χ0n) is 11.6. The molecule has 2 rings (SSSR count). The van der Waals surface area contributed by atoms with Gasteiger partial charge >= 0.3 is 12.0 Å². The second-order valence-corrected chi connectivity index (χ2v) is 5.12. The van der Waals surface area contributed by atoms with Crippen LogP contribution in [-0.4, -0.2) is 28.1 Å². The molecule has 20 heavy (non-hydrogen) atoms. The van der Waals surface area contributed by atoms with Crippen molar-refractivity contribution < 1.29 is 19.1 Å². The predicted molar refractivity (Wildman–Crippen MR) is 70.1 cm³/mol. The molecule has 2 amide bonds. The Hall–Kier alpha value is -2.05. The summed E-state index contributed by atoms with van der Waals surface area (Å²) in [5, 5.41) is 14.3. The maximum Gasteiger partial charge on any atom is 0.315 e. The van der Waals surface area contributed by atoms with Crippen LogP contribution in [0, 0.1) is 19.8 Å². The first-order chi connectivity index (χ1) is 9.45. The molecule has 1 heterocycles. The summed E-state index contributed by atoms with van der Waals surface area (Å²) in [6.45, 7) is 3.87. The number of urea groups is 1. The molecule has 1 aromatic rings. The number of aromatic nitrogens is 1. The third kappa shape index (κ3) is 3.49. The highest BCUT2D eigenvalue weighted by Crippen LogP contribution is 2.25. The molecule has 1 saturated carbocycles. The summed E-state index contributed by atoms with van der Waals surface area (Å²) < 4.78 is 5.35. The number of oxazole rings is 1. The number of amides is 2. The molecular formula is C13H19N3O4. The molecule has 0 aromatic carbocycles. The van der Waals surface area contributed by atoms with Crippen LogP contribution < -0.4 is 10.6 Å². The third-order valence-corrected chi connectivity index (χ3v) is 3.59. The van der Waals surface area contributed by atoms with Gasteiger partial charge in [-0.15, -0.1) is 0 Å². The minimum absolute atomic E-state index is 0.0795. The highest BCUT2D eigenvalue weighted by atomic mass is 16.4. The zero-order chi connectivity index (χ0) is 14.7. The van der Waals surface area contributed by atoms with E-state index in [2.05, 4.69) is 15.6 Å². The number of aryl methyl sites for hydroxylation is 2. The van der Waals surface area contributed by atoms with Crippen LogP contribution in [0.3, 0.4) is 0 Å². The van der Waals surface area contributed by atoms with Gasteiger partial charge in [0.2, 0.25) is 5.89 Å². The largest absolute Gasteiger partial charge is 0.481 e. The molecule has 0 unspecified atom stereocenters. The van der Waals surface area contributed by atoms with Crippen LogP contribution in [0.15, 0.2) is 4.42 Å². The zero-order valence-corrected chi connectivity index (χ0v) is 11.6. The molecule has 1 aliphatic rings. The monoisotopic (exact) mass is 281 g/mol. The lowest BCUT2D eigenvalue weighted by molar-refractivity contribution is -0.141. The Balaban J connectivity index is 1.75. The van der Waals surface area contributed by atoms with Crippen molar-refractivity contribution in [2.45, 2.75) is 45.7 Å². The van der Waals surface area contributed by atoms with E-state index >= 15 is 0 Å². The van der Waals surface area contributed by atoms with E-state index < -0.39 is 5.97 Å². The lowest BCUT2D eigenvalue weighted by Crippen LogP contribution is -2.40. The number of carbonyl (C=O) groups is 2. The van der Waals surface area contributed by atoms with Gasteiger partial charge < -0.3 is 20.2 Å². The fourth-order valence-corrected chi connectivity index (χ4v) is 2.34. The highest BCUT2D eigenvalue weighted by molar-refractivity contribution is 5.75. The molecule has 1 fully saturated rings. The van der Waals surface area contributed by atoms with E-state index in [0.29, 0.717) is 25.2 Å². The van der Waals surface area contributed by atoms with Crippen molar-refractivity contribution in [2.24, 2.45) is 5.92 Å². The molecular weight excluding hydrogens is 262 g/mol.